The maximum absolute atomic E-state index is 12.5. The van der Waals surface area contributed by atoms with Crippen LogP contribution in [-0.4, -0.2) is 47.4 Å². The van der Waals surface area contributed by atoms with E-state index in [1.165, 1.54) is 16.8 Å². The van der Waals surface area contributed by atoms with Crippen molar-refractivity contribution in [1.29, 1.82) is 0 Å². The van der Waals surface area contributed by atoms with E-state index in [0.29, 0.717) is 18.1 Å². The highest BCUT2D eigenvalue weighted by Crippen LogP contribution is 2.17. The van der Waals surface area contributed by atoms with E-state index in [1.54, 1.807) is 36.4 Å². The molecule has 0 bridgehead atoms. The highest BCUT2D eigenvalue weighted by molar-refractivity contribution is 7.90. The molecule has 146 valence electrons. The van der Waals surface area contributed by atoms with Gasteiger partial charge in [0.25, 0.3) is 5.91 Å². The summed E-state index contributed by atoms with van der Waals surface area (Å²) in [5, 5.41) is 14.2. The summed E-state index contributed by atoms with van der Waals surface area (Å²) in [7, 11) is -3.53. The molecule has 1 aromatic heterocycles. The van der Waals surface area contributed by atoms with Gasteiger partial charge in [-0.3, -0.25) is 4.79 Å². The van der Waals surface area contributed by atoms with Crippen molar-refractivity contribution in [2.24, 2.45) is 0 Å². The number of benzene rings is 2. The molecule has 10 heteroatoms. The summed E-state index contributed by atoms with van der Waals surface area (Å²) >= 11 is 0. The topological polar surface area (TPSA) is 116 Å². The van der Waals surface area contributed by atoms with Crippen molar-refractivity contribution >= 4 is 15.7 Å². The Hall–Kier alpha value is -3.27. The Balaban J connectivity index is 1.77. The summed E-state index contributed by atoms with van der Waals surface area (Å²) in [6, 6.07) is 13.2. The molecular weight excluding hydrogens is 382 g/mol. The second kappa shape index (κ2) is 8.17. The van der Waals surface area contributed by atoms with Crippen molar-refractivity contribution in [2.75, 3.05) is 12.9 Å². The van der Waals surface area contributed by atoms with Gasteiger partial charge in [0.05, 0.1) is 29.3 Å². The van der Waals surface area contributed by atoms with Crippen LogP contribution < -0.4 is 10.1 Å². The van der Waals surface area contributed by atoms with Crippen molar-refractivity contribution < 1.29 is 17.9 Å². The number of tetrazole rings is 1. The average molecular weight is 401 g/mol. The lowest BCUT2D eigenvalue weighted by atomic mass is 10.2. The van der Waals surface area contributed by atoms with Gasteiger partial charge in [0.15, 0.2) is 15.7 Å². The number of sulfone groups is 1. The Morgan fingerprint density at radius 3 is 2.54 bits per heavy atom. The molecule has 0 radical (unpaired) electrons. The Kier molecular flexibility index (Phi) is 5.69. The predicted octanol–water partition coefficient (Wildman–Crippen LogP) is 1.39. The first kappa shape index (κ1) is 19.5. The van der Waals surface area contributed by atoms with E-state index >= 15 is 0 Å². The second-order valence-electron chi connectivity index (χ2n) is 5.88. The molecule has 0 fully saturated rings. The van der Waals surface area contributed by atoms with Crippen molar-refractivity contribution in [3.05, 3.63) is 59.9 Å². The van der Waals surface area contributed by atoms with Crippen molar-refractivity contribution in [1.82, 2.24) is 25.5 Å². The maximum Gasteiger partial charge on any atom is 0.252 e. The summed E-state index contributed by atoms with van der Waals surface area (Å²) in [6.45, 7) is 2.49. The predicted molar refractivity (Wildman–Crippen MR) is 101 cm³/mol. The number of ether oxygens (including phenoxy) is 1. The molecule has 0 saturated heterocycles. The molecule has 0 saturated carbocycles. The minimum atomic E-state index is -3.53. The first-order chi connectivity index (χ1) is 13.4. The van der Waals surface area contributed by atoms with E-state index in [0.717, 1.165) is 12.0 Å². The highest BCUT2D eigenvalue weighted by Gasteiger charge is 2.19. The third kappa shape index (κ3) is 4.34. The van der Waals surface area contributed by atoms with Gasteiger partial charge in [-0.15, -0.1) is 5.10 Å². The van der Waals surface area contributed by atoms with Crippen molar-refractivity contribution in [2.45, 2.75) is 18.4 Å². The van der Waals surface area contributed by atoms with Crippen LogP contribution in [0, 0.1) is 0 Å². The summed E-state index contributed by atoms with van der Waals surface area (Å²) < 4.78 is 30.6. The van der Waals surface area contributed by atoms with Gasteiger partial charge in [-0.05, 0) is 53.7 Å². The molecule has 3 aromatic rings. The maximum atomic E-state index is 12.5. The lowest BCUT2D eigenvalue weighted by Crippen LogP contribution is -2.26. The van der Waals surface area contributed by atoms with E-state index in [1.807, 2.05) is 6.92 Å². The molecule has 3 rings (SSSR count). The third-order valence-electron chi connectivity index (χ3n) is 3.86. The summed E-state index contributed by atoms with van der Waals surface area (Å²) in [4.78, 5) is 12.5. The fourth-order valence-electron chi connectivity index (χ4n) is 2.60. The van der Waals surface area contributed by atoms with Gasteiger partial charge in [0.2, 0.25) is 0 Å². The Morgan fingerprint density at radius 1 is 1.14 bits per heavy atom. The quantitative estimate of drug-likeness (QED) is 0.636. The molecule has 0 aliphatic carbocycles. The molecule has 0 aliphatic heterocycles. The smallest absolute Gasteiger partial charge is 0.252 e. The van der Waals surface area contributed by atoms with Crippen LogP contribution in [0.15, 0.2) is 53.4 Å². The van der Waals surface area contributed by atoms with Crippen molar-refractivity contribution in [3.63, 3.8) is 0 Å². The number of carbonyl (C=O) groups excluding carboxylic acids is 1. The first-order valence-corrected chi connectivity index (χ1v) is 10.4. The molecular formula is C18H19N5O4S. The number of rotatable bonds is 7. The molecule has 0 atom stereocenters. The van der Waals surface area contributed by atoms with Crippen LogP contribution in [0.2, 0.25) is 0 Å². The van der Waals surface area contributed by atoms with Crippen LogP contribution in [0.3, 0.4) is 0 Å². The number of hydrogen-bond donors (Lipinski definition) is 1. The molecule has 0 aliphatic rings. The Bertz CT molecular complexity index is 1080. The molecule has 0 unspecified atom stereocenters. The van der Waals surface area contributed by atoms with E-state index in [4.69, 9.17) is 4.74 Å². The number of carbonyl (C=O) groups is 1. The summed E-state index contributed by atoms with van der Waals surface area (Å²) in [5.74, 6) is 0.600. The average Bonchev–Trinajstić information content (AvgIpc) is 3.15. The normalized spacial score (nSPS) is 11.2. The molecule has 1 amide bonds. The largest absolute Gasteiger partial charge is 0.494 e. The summed E-state index contributed by atoms with van der Waals surface area (Å²) in [6.07, 6.45) is 1.06. The van der Waals surface area contributed by atoms with E-state index < -0.39 is 15.7 Å². The van der Waals surface area contributed by atoms with Gasteiger partial charge in [0, 0.05) is 6.26 Å². The zero-order chi connectivity index (χ0) is 20.1. The SMILES string of the molecule is CCOc1ccc(-n2nnnc2CNC(=O)c2ccccc2S(C)(=O)=O)cc1. The zero-order valence-electron chi connectivity index (χ0n) is 15.4. The third-order valence-corrected chi connectivity index (χ3v) is 5.02. The number of nitrogens with one attached hydrogen (secondary N) is 1. The van der Waals surface area contributed by atoms with E-state index in [2.05, 4.69) is 20.8 Å². The number of hydrogen-bond acceptors (Lipinski definition) is 7. The van der Waals surface area contributed by atoms with Crippen LogP contribution in [0.5, 0.6) is 5.75 Å². The molecule has 28 heavy (non-hydrogen) atoms. The molecule has 1 N–H and O–H groups in total. The van der Waals surface area contributed by atoms with Gasteiger partial charge in [-0.1, -0.05) is 12.1 Å². The first-order valence-electron chi connectivity index (χ1n) is 8.48. The fraction of sp³-hybridized carbons (Fsp3) is 0.222. The van der Waals surface area contributed by atoms with Crippen LogP contribution in [0.25, 0.3) is 5.69 Å². The lowest BCUT2D eigenvalue weighted by Gasteiger charge is -2.09. The zero-order valence-corrected chi connectivity index (χ0v) is 16.2. The number of amides is 1. The highest BCUT2D eigenvalue weighted by atomic mass is 32.2. The number of nitrogens with zero attached hydrogens (tertiary/aromatic N) is 4. The molecule has 2 aromatic carbocycles. The van der Waals surface area contributed by atoms with Crippen LogP contribution in [-0.2, 0) is 16.4 Å². The van der Waals surface area contributed by atoms with Crippen LogP contribution in [0.4, 0.5) is 0 Å². The minimum absolute atomic E-state index is 0.0249. The fourth-order valence-corrected chi connectivity index (χ4v) is 3.48. The summed E-state index contributed by atoms with van der Waals surface area (Å²) in [5.41, 5.74) is 0.777. The standard InChI is InChI=1S/C18H19N5O4S/c1-3-27-14-10-8-13(9-11-14)23-17(20-21-22-23)12-19-18(24)15-6-4-5-7-16(15)28(2,25)26/h4-11H,3,12H2,1-2H3,(H,19,24). The van der Waals surface area contributed by atoms with Gasteiger partial charge >= 0.3 is 0 Å². The van der Waals surface area contributed by atoms with Gasteiger partial charge in [-0.2, -0.15) is 4.68 Å². The van der Waals surface area contributed by atoms with E-state index in [-0.39, 0.29) is 17.0 Å². The monoisotopic (exact) mass is 401 g/mol. The lowest BCUT2D eigenvalue weighted by molar-refractivity contribution is 0.0946. The second-order valence-corrected chi connectivity index (χ2v) is 7.87. The molecule has 9 nitrogen and oxygen atoms in total. The Labute approximate surface area is 162 Å². The van der Waals surface area contributed by atoms with Gasteiger partial charge < -0.3 is 10.1 Å². The Morgan fingerprint density at radius 2 is 1.86 bits per heavy atom. The van der Waals surface area contributed by atoms with Gasteiger partial charge in [-0.25, -0.2) is 8.42 Å². The van der Waals surface area contributed by atoms with Crippen molar-refractivity contribution in [3.8, 4) is 11.4 Å². The number of aromatic nitrogens is 4. The molecule has 0 spiro atoms. The van der Waals surface area contributed by atoms with Gasteiger partial charge in [0.1, 0.15) is 5.75 Å². The minimum Gasteiger partial charge on any atom is -0.494 e. The van der Waals surface area contributed by atoms with Crippen LogP contribution >= 0.6 is 0 Å². The van der Waals surface area contributed by atoms with Crippen LogP contribution in [0.1, 0.15) is 23.1 Å². The molecule has 1 heterocycles. The van der Waals surface area contributed by atoms with E-state index in [9.17, 15) is 13.2 Å².